The molecule has 1 heterocycles. The van der Waals surface area contributed by atoms with E-state index in [2.05, 4.69) is 4.98 Å². The summed E-state index contributed by atoms with van der Waals surface area (Å²) in [6, 6.07) is 9.78. The van der Waals surface area contributed by atoms with Crippen LogP contribution < -0.4 is 5.73 Å². The summed E-state index contributed by atoms with van der Waals surface area (Å²) >= 11 is 10.9. The van der Waals surface area contributed by atoms with Crippen molar-refractivity contribution < 1.29 is 0 Å². The molecule has 2 nitrogen and oxygen atoms in total. The third-order valence-electron chi connectivity index (χ3n) is 2.11. The lowest BCUT2D eigenvalue weighted by Gasteiger charge is -2.04. The lowest BCUT2D eigenvalue weighted by atomic mass is 10.1. The molecule has 2 rings (SSSR count). The molecule has 0 bridgehead atoms. The molecule has 0 radical (unpaired) electrons. The Morgan fingerprint density at radius 1 is 1.40 bits per heavy atom. The van der Waals surface area contributed by atoms with E-state index in [1.165, 1.54) is 0 Å². The molecule has 0 aliphatic carbocycles. The van der Waals surface area contributed by atoms with Gasteiger partial charge in [0.2, 0.25) is 0 Å². The maximum absolute atomic E-state index is 6.02. The van der Waals surface area contributed by atoms with E-state index in [1.54, 1.807) is 0 Å². The van der Waals surface area contributed by atoms with Crippen LogP contribution >= 0.6 is 23.8 Å². The number of rotatable bonds is 2. The lowest BCUT2D eigenvalue weighted by Crippen LogP contribution is -2.11. The fraction of sp³-hybridized carbons (Fsp3) is 0.0909. The first kappa shape index (κ1) is 10.3. The van der Waals surface area contributed by atoms with Crippen LogP contribution in [0.1, 0.15) is 5.56 Å². The minimum absolute atomic E-state index is 0.425. The van der Waals surface area contributed by atoms with E-state index < -0.39 is 0 Å². The number of hydrogen-bond donors (Lipinski definition) is 1. The molecule has 0 spiro atoms. The van der Waals surface area contributed by atoms with Gasteiger partial charge in [0, 0.05) is 11.8 Å². The third kappa shape index (κ3) is 2.25. The highest BCUT2D eigenvalue weighted by atomic mass is 35.5. The molecule has 0 aliphatic rings. The molecular formula is C11H9ClN2S. The van der Waals surface area contributed by atoms with Gasteiger partial charge in [0.05, 0.1) is 10.5 Å². The molecule has 0 fully saturated rings. The van der Waals surface area contributed by atoms with Crippen LogP contribution in [0.4, 0.5) is 0 Å². The van der Waals surface area contributed by atoms with E-state index in [0.29, 0.717) is 16.6 Å². The topological polar surface area (TPSA) is 38.9 Å². The minimum atomic E-state index is 0.425. The van der Waals surface area contributed by atoms with E-state index in [9.17, 15) is 0 Å². The van der Waals surface area contributed by atoms with E-state index in [1.807, 2.05) is 30.3 Å². The van der Waals surface area contributed by atoms with Gasteiger partial charge in [0.15, 0.2) is 0 Å². The van der Waals surface area contributed by atoms with Crippen LogP contribution in [0.25, 0.3) is 10.9 Å². The molecule has 4 heteroatoms. The van der Waals surface area contributed by atoms with Crippen molar-refractivity contribution >= 4 is 39.7 Å². The molecule has 0 aliphatic heterocycles. The molecule has 76 valence electrons. The van der Waals surface area contributed by atoms with Crippen molar-refractivity contribution in [3.63, 3.8) is 0 Å². The number of benzene rings is 1. The summed E-state index contributed by atoms with van der Waals surface area (Å²) in [6.45, 7) is 0. The fourth-order valence-electron chi connectivity index (χ4n) is 1.45. The minimum Gasteiger partial charge on any atom is -0.393 e. The molecule has 1 aromatic carbocycles. The number of halogens is 1. The Morgan fingerprint density at radius 3 is 2.87 bits per heavy atom. The van der Waals surface area contributed by atoms with Gasteiger partial charge < -0.3 is 5.73 Å². The number of nitrogens with zero attached hydrogens (tertiary/aromatic N) is 1. The normalized spacial score (nSPS) is 10.5. The maximum atomic E-state index is 6.02. The summed E-state index contributed by atoms with van der Waals surface area (Å²) < 4.78 is 0. The SMILES string of the molecule is NC(=S)Cc1cc2ccccc2nc1Cl. The molecular weight excluding hydrogens is 228 g/mol. The number of fused-ring (bicyclic) bond motifs is 1. The predicted molar refractivity (Wildman–Crippen MR) is 67.2 cm³/mol. The third-order valence-corrected chi connectivity index (χ3v) is 2.59. The highest BCUT2D eigenvalue weighted by molar-refractivity contribution is 7.80. The monoisotopic (exact) mass is 236 g/mol. The number of nitrogens with two attached hydrogens (primary N) is 1. The smallest absolute Gasteiger partial charge is 0.133 e. The summed E-state index contributed by atoms with van der Waals surface area (Å²) in [5.41, 5.74) is 7.24. The second kappa shape index (κ2) is 4.13. The summed E-state index contributed by atoms with van der Waals surface area (Å²) in [7, 11) is 0. The Hall–Kier alpha value is -1.19. The summed E-state index contributed by atoms with van der Waals surface area (Å²) in [6.07, 6.45) is 0.492. The van der Waals surface area contributed by atoms with Crippen LogP contribution in [0.5, 0.6) is 0 Å². The average Bonchev–Trinajstić information content (AvgIpc) is 2.18. The number of thiocarbonyl (C=S) groups is 1. The largest absolute Gasteiger partial charge is 0.393 e. The van der Waals surface area contributed by atoms with Crippen molar-refractivity contribution in [1.82, 2.24) is 4.98 Å². The van der Waals surface area contributed by atoms with Crippen LogP contribution in [0.2, 0.25) is 5.15 Å². The molecule has 0 saturated heterocycles. The van der Waals surface area contributed by atoms with E-state index in [-0.39, 0.29) is 0 Å². The Balaban J connectivity index is 2.56. The molecule has 1 aromatic heterocycles. The Labute approximate surface area is 98.1 Å². The van der Waals surface area contributed by atoms with Gasteiger partial charge in [0.25, 0.3) is 0 Å². The van der Waals surface area contributed by atoms with Crippen molar-refractivity contribution in [3.8, 4) is 0 Å². The van der Waals surface area contributed by atoms with Gasteiger partial charge in [-0.15, -0.1) is 0 Å². The Morgan fingerprint density at radius 2 is 2.13 bits per heavy atom. The maximum Gasteiger partial charge on any atom is 0.133 e. The van der Waals surface area contributed by atoms with Crippen molar-refractivity contribution in [1.29, 1.82) is 0 Å². The van der Waals surface area contributed by atoms with Gasteiger partial charge in [-0.2, -0.15) is 0 Å². The van der Waals surface area contributed by atoms with Gasteiger partial charge in [0.1, 0.15) is 5.15 Å². The van der Waals surface area contributed by atoms with Crippen molar-refractivity contribution in [3.05, 3.63) is 41.0 Å². The molecule has 0 atom stereocenters. The average molecular weight is 237 g/mol. The highest BCUT2D eigenvalue weighted by Crippen LogP contribution is 2.20. The lowest BCUT2D eigenvalue weighted by molar-refractivity contribution is 1.26. The standard InChI is InChI=1S/C11H9ClN2S/c12-11-8(6-10(13)15)5-7-3-1-2-4-9(7)14-11/h1-5H,6H2,(H2,13,15). The zero-order chi connectivity index (χ0) is 10.8. The van der Waals surface area contributed by atoms with Crippen LogP contribution in [0.3, 0.4) is 0 Å². The molecule has 0 unspecified atom stereocenters. The molecule has 2 N–H and O–H groups in total. The van der Waals surface area contributed by atoms with Crippen molar-refractivity contribution in [2.75, 3.05) is 0 Å². The van der Waals surface area contributed by atoms with Gasteiger partial charge in [-0.25, -0.2) is 4.98 Å². The first-order valence-electron chi connectivity index (χ1n) is 4.49. The first-order valence-corrected chi connectivity index (χ1v) is 5.28. The molecule has 2 aromatic rings. The number of pyridine rings is 1. The predicted octanol–water partition coefficient (Wildman–Crippen LogP) is 2.72. The fourth-order valence-corrected chi connectivity index (χ4v) is 1.82. The second-order valence-corrected chi connectivity index (χ2v) is 4.16. The van der Waals surface area contributed by atoms with Gasteiger partial charge >= 0.3 is 0 Å². The molecule has 0 amide bonds. The van der Waals surface area contributed by atoms with E-state index in [4.69, 9.17) is 29.6 Å². The van der Waals surface area contributed by atoms with Gasteiger partial charge in [-0.05, 0) is 17.7 Å². The zero-order valence-corrected chi connectivity index (χ0v) is 9.48. The molecule has 0 saturated carbocycles. The van der Waals surface area contributed by atoms with Gasteiger partial charge in [-0.3, -0.25) is 0 Å². The van der Waals surface area contributed by atoms with Gasteiger partial charge in [-0.1, -0.05) is 42.0 Å². The first-order chi connectivity index (χ1) is 7.16. The zero-order valence-electron chi connectivity index (χ0n) is 7.90. The van der Waals surface area contributed by atoms with Crippen molar-refractivity contribution in [2.45, 2.75) is 6.42 Å². The quantitative estimate of drug-likeness (QED) is 0.644. The Bertz CT molecular complexity index is 525. The highest BCUT2D eigenvalue weighted by Gasteiger charge is 2.05. The number of aromatic nitrogens is 1. The van der Waals surface area contributed by atoms with Crippen LogP contribution in [0, 0.1) is 0 Å². The molecule has 15 heavy (non-hydrogen) atoms. The van der Waals surface area contributed by atoms with Crippen molar-refractivity contribution in [2.24, 2.45) is 5.73 Å². The summed E-state index contributed by atoms with van der Waals surface area (Å²) in [4.78, 5) is 4.70. The van der Waals surface area contributed by atoms with Crippen LogP contribution in [0.15, 0.2) is 30.3 Å². The summed E-state index contributed by atoms with van der Waals surface area (Å²) in [5, 5.41) is 1.52. The van der Waals surface area contributed by atoms with Crippen LogP contribution in [-0.2, 0) is 6.42 Å². The number of para-hydroxylation sites is 1. The van der Waals surface area contributed by atoms with Crippen LogP contribution in [-0.4, -0.2) is 9.97 Å². The van der Waals surface area contributed by atoms with E-state index in [0.717, 1.165) is 16.5 Å². The second-order valence-electron chi connectivity index (χ2n) is 3.27. The van der Waals surface area contributed by atoms with E-state index >= 15 is 0 Å². The summed E-state index contributed by atoms with van der Waals surface area (Å²) in [5.74, 6) is 0. The Kier molecular flexibility index (Phi) is 2.84. The number of hydrogen-bond acceptors (Lipinski definition) is 2.